The third-order valence-corrected chi connectivity index (χ3v) is 5.33. The minimum atomic E-state index is -0.507. The molecular weight excluding hydrogens is 364 g/mol. The van der Waals surface area contributed by atoms with Gasteiger partial charge >= 0.3 is 5.63 Å². The number of rotatable bonds is 13. The van der Waals surface area contributed by atoms with Gasteiger partial charge in [0.2, 0.25) is 0 Å². The third kappa shape index (κ3) is 7.19. The lowest BCUT2D eigenvalue weighted by atomic mass is 10.1. The average molecular weight is 395 g/mol. The lowest BCUT2D eigenvalue weighted by Crippen LogP contribution is -2.02. The van der Waals surface area contributed by atoms with Gasteiger partial charge in [0.25, 0.3) is 0 Å². The Morgan fingerprint density at radius 1 is 0.963 bits per heavy atom. The first-order valence-corrected chi connectivity index (χ1v) is 10.5. The summed E-state index contributed by atoms with van der Waals surface area (Å²) in [6, 6.07) is 5.54. The van der Waals surface area contributed by atoms with Gasteiger partial charge in [-0.15, -0.1) is 0 Å². The highest BCUT2D eigenvalue weighted by Gasteiger charge is 2.09. The van der Waals surface area contributed by atoms with Crippen LogP contribution in [0.2, 0.25) is 5.02 Å². The number of ether oxygens (including phenoxy) is 1. The lowest BCUT2D eigenvalue weighted by Gasteiger charge is -2.08. The van der Waals surface area contributed by atoms with Crippen LogP contribution < -0.4 is 10.4 Å². The predicted molar refractivity (Wildman–Crippen MR) is 111 cm³/mol. The summed E-state index contributed by atoms with van der Waals surface area (Å²) >= 11 is 5.94. The number of unbranched alkanes of at least 4 members (excludes halogenated alkanes) is 9. The van der Waals surface area contributed by atoms with Gasteiger partial charge in [-0.1, -0.05) is 63.0 Å². The topological polar surface area (TPSA) is 59.7 Å². The summed E-state index contributed by atoms with van der Waals surface area (Å²) in [7, 11) is 0. The Morgan fingerprint density at radius 3 is 2.19 bits per heavy atom. The van der Waals surface area contributed by atoms with E-state index < -0.39 is 5.63 Å². The number of benzene rings is 1. The monoisotopic (exact) mass is 394 g/mol. The van der Waals surface area contributed by atoms with E-state index in [-0.39, 0.29) is 5.02 Å². The highest BCUT2D eigenvalue weighted by atomic mass is 35.5. The summed E-state index contributed by atoms with van der Waals surface area (Å²) in [5.74, 6) is 0.718. The fourth-order valence-corrected chi connectivity index (χ4v) is 3.36. The second-order valence-electron chi connectivity index (χ2n) is 7.09. The molecule has 0 unspecified atom stereocenters. The van der Waals surface area contributed by atoms with Crippen molar-refractivity contribution in [2.45, 2.75) is 71.1 Å². The van der Waals surface area contributed by atoms with Crippen LogP contribution in [-0.4, -0.2) is 18.3 Å². The van der Waals surface area contributed by atoms with Crippen molar-refractivity contribution in [3.8, 4) is 5.75 Å². The molecule has 27 heavy (non-hydrogen) atoms. The molecule has 0 aliphatic heterocycles. The lowest BCUT2D eigenvalue weighted by molar-refractivity contribution is 0.282. The van der Waals surface area contributed by atoms with Gasteiger partial charge in [0.1, 0.15) is 16.4 Å². The maximum atomic E-state index is 11.7. The van der Waals surface area contributed by atoms with Gasteiger partial charge in [-0.25, -0.2) is 4.79 Å². The SMILES string of the molecule is Cc1c(Cl)c(=O)oc2cc(OCCCCCCCCCCCCO)ccc12. The summed E-state index contributed by atoms with van der Waals surface area (Å²) in [4.78, 5) is 11.7. The molecule has 0 fully saturated rings. The molecular formula is C22H31ClO4. The van der Waals surface area contributed by atoms with Crippen molar-refractivity contribution in [2.24, 2.45) is 0 Å². The maximum absolute atomic E-state index is 11.7. The molecule has 0 aliphatic carbocycles. The number of aryl methyl sites for hydroxylation is 1. The summed E-state index contributed by atoms with van der Waals surface area (Å²) < 4.78 is 11.0. The van der Waals surface area contributed by atoms with E-state index in [0.717, 1.165) is 36.0 Å². The zero-order chi connectivity index (χ0) is 19.5. The Hall–Kier alpha value is -1.52. The molecule has 4 nitrogen and oxygen atoms in total. The Morgan fingerprint density at radius 2 is 1.56 bits per heavy atom. The van der Waals surface area contributed by atoms with Crippen molar-refractivity contribution < 1.29 is 14.3 Å². The molecule has 1 aromatic carbocycles. The summed E-state index contributed by atoms with van der Waals surface area (Å²) in [5, 5.41) is 9.71. The first-order chi connectivity index (χ1) is 13.1. The molecule has 0 aliphatic rings. The second kappa shape index (κ2) is 12.0. The molecule has 0 spiro atoms. The highest BCUT2D eigenvalue weighted by molar-refractivity contribution is 6.31. The molecule has 2 rings (SSSR count). The second-order valence-corrected chi connectivity index (χ2v) is 7.47. The maximum Gasteiger partial charge on any atom is 0.355 e. The minimum absolute atomic E-state index is 0.140. The Bertz CT molecular complexity index is 754. The Kier molecular flexibility index (Phi) is 9.71. The van der Waals surface area contributed by atoms with Gasteiger partial charge in [0.15, 0.2) is 0 Å². The van der Waals surface area contributed by atoms with E-state index in [1.165, 1.54) is 44.9 Å². The van der Waals surface area contributed by atoms with Crippen LogP contribution in [0.15, 0.2) is 27.4 Å². The number of hydrogen-bond donors (Lipinski definition) is 1. The van der Waals surface area contributed by atoms with Gasteiger partial charge in [0, 0.05) is 18.1 Å². The van der Waals surface area contributed by atoms with Gasteiger partial charge in [-0.05, 0) is 37.5 Å². The number of halogens is 1. The van der Waals surface area contributed by atoms with Crippen molar-refractivity contribution >= 4 is 22.6 Å². The van der Waals surface area contributed by atoms with Crippen LogP contribution in [0, 0.1) is 6.92 Å². The molecule has 0 radical (unpaired) electrons. The van der Waals surface area contributed by atoms with Crippen LogP contribution in [0.25, 0.3) is 11.0 Å². The van der Waals surface area contributed by atoms with Crippen LogP contribution >= 0.6 is 11.6 Å². The smallest absolute Gasteiger partial charge is 0.355 e. The molecule has 0 saturated heterocycles. The molecule has 0 bridgehead atoms. The molecule has 150 valence electrons. The van der Waals surface area contributed by atoms with E-state index >= 15 is 0 Å². The zero-order valence-electron chi connectivity index (χ0n) is 16.3. The molecule has 1 heterocycles. The first kappa shape index (κ1) is 21.8. The summed E-state index contributed by atoms with van der Waals surface area (Å²) in [6.07, 6.45) is 11.9. The number of aliphatic hydroxyl groups is 1. The molecule has 5 heteroatoms. The van der Waals surface area contributed by atoms with E-state index in [1.54, 1.807) is 6.07 Å². The fourth-order valence-electron chi connectivity index (χ4n) is 3.22. The summed E-state index contributed by atoms with van der Waals surface area (Å²) in [5.41, 5.74) is 0.744. The standard InChI is InChI=1S/C22H31ClO4/c1-17-19-13-12-18(16-20(19)27-22(25)21(17)23)26-15-11-9-7-5-3-2-4-6-8-10-14-24/h12-13,16,24H,2-11,14-15H2,1H3. The van der Waals surface area contributed by atoms with E-state index in [4.69, 9.17) is 25.9 Å². The quantitative estimate of drug-likeness (QED) is 0.333. The summed E-state index contributed by atoms with van der Waals surface area (Å²) in [6.45, 7) is 2.81. The number of fused-ring (bicyclic) bond motifs is 1. The van der Waals surface area contributed by atoms with Crippen molar-refractivity contribution in [3.05, 3.63) is 39.2 Å². The van der Waals surface area contributed by atoms with Crippen LogP contribution in [0.5, 0.6) is 5.75 Å². The van der Waals surface area contributed by atoms with Gasteiger partial charge in [0.05, 0.1) is 6.61 Å². The first-order valence-electron chi connectivity index (χ1n) is 10.1. The van der Waals surface area contributed by atoms with Crippen LogP contribution in [0.4, 0.5) is 0 Å². The molecule has 1 N–H and O–H groups in total. The van der Waals surface area contributed by atoms with Gasteiger partial charge in [-0.3, -0.25) is 0 Å². The van der Waals surface area contributed by atoms with Crippen LogP contribution in [0.3, 0.4) is 0 Å². The third-order valence-electron chi connectivity index (χ3n) is 4.89. The van der Waals surface area contributed by atoms with E-state index in [2.05, 4.69) is 0 Å². The zero-order valence-corrected chi connectivity index (χ0v) is 17.0. The van der Waals surface area contributed by atoms with E-state index in [9.17, 15) is 4.79 Å². The van der Waals surface area contributed by atoms with Crippen molar-refractivity contribution in [1.82, 2.24) is 0 Å². The molecule has 0 amide bonds. The van der Waals surface area contributed by atoms with E-state index in [1.807, 2.05) is 19.1 Å². The molecule has 1 aromatic heterocycles. The van der Waals surface area contributed by atoms with Crippen molar-refractivity contribution in [2.75, 3.05) is 13.2 Å². The fraction of sp³-hybridized carbons (Fsp3) is 0.591. The number of aliphatic hydroxyl groups excluding tert-OH is 1. The van der Waals surface area contributed by atoms with Gasteiger partial charge in [-0.2, -0.15) is 0 Å². The average Bonchev–Trinajstić information content (AvgIpc) is 2.67. The van der Waals surface area contributed by atoms with Gasteiger partial charge < -0.3 is 14.3 Å². The van der Waals surface area contributed by atoms with Crippen LogP contribution in [-0.2, 0) is 0 Å². The Balaban J connectivity index is 1.61. The minimum Gasteiger partial charge on any atom is -0.493 e. The molecule has 2 aromatic rings. The Labute approximate surface area is 166 Å². The van der Waals surface area contributed by atoms with E-state index in [0.29, 0.717) is 18.8 Å². The van der Waals surface area contributed by atoms with Crippen molar-refractivity contribution in [1.29, 1.82) is 0 Å². The normalized spacial score (nSPS) is 11.2. The largest absolute Gasteiger partial charge is 0.493 e. The molecule has 0 atom stereocenters. The highest BCUT2D eigenvalue weighted by Crippen LogP contribution is 2.26. The molecule has 0 saturated carbocycles. The van der Waals surface area contributed by atoms with Crippen LogP contribution in [0.1, 0.15) is 69.8 Å². The number of hydrogen-bond acceptors (Lipinski definition) is 4. The van der Waals surface area contributed by atoms with Crippen molar-refractivity contribution in [3.63, 3.8) is 0 Å². The predicted octanol–water partition coefficient (Wildman–Crippen LogP) is 6.03.